The van der Waals surface area contributed by atoms with Gasteiger partial charge in [0.1, 0.15) is 5.82 Å². The summed E-state index contributed by atoms with van der Waals surface area (Å²) in [7, 11) is -1.34. The topological polar surface area (TPSA) is 86.7 Å². The predicted molar refractivity (Wildman–Crippen MR) is 64.3 cm³/mol. The normalized spacial score (nSPS) is 11.6. The summed E-state index contributed by atoms with van der Waals surface area (Å²) in [4.78, 5) is 11.0. The fourth-order valence-corrected chi connectivity index (χ4v) is 1.80. The first kappa shape index (κ1) is 14.4. The largest absolute Gasteiger partial charge is 0.478 e. The molecule has 8 heteroatoms. The lowest BCUT2D eigenvalue weighted by molar-refractivity contribution is 0.0698. The van der Waals surface area contributed by atoms with Crippen LogP contribution in [0.15, 0.2) is 12.1 Å². The second-order valence-corrected chi connectivity index (χ2v) is 5.73. The molecule has 0 bridgehead atoms. The molecule has 0 spiro atoms. The molecule has 18 heavy (non-hydrogen) atoms. The molecule has 0 atom stereocenters. The van der Waals surface area contributed by atoms with Gasteiger partial charge < -0.3 is 5.11 Å². The number of anilines is 1. The van der Waals surface area contributed by atoms with Crippen LogP contribution >= 0.6 is 0 Å². The number of benzene rings is 1. The van der Waals surface area contributed by atoms with E-state index in [-0.39, 0.29) is 16.8 Å². The SMILES string of the molecule is Cc1cc(C(=O)O)c(NS(=O)(=O)N(C)C)cc1F. The Morgan fingerprint density at radius 2 is 1.94 bits per heavy atom. The molecule has 0 amide bonds. The molecule has 1 aromatic carbocycles. The fraction of sp³-hybridized carbons (Fsp3) is 0.300. The summed E-state index contributed by atoms with van der Waals surface area (Å²) in [6.07, 6.45) is 0. The van der Waals surface area contributed by atoms with Crippen LogP contribution in [0.5, 0.6) is 0 Å². The summed E-state index contributed by atoms with van der Waals surface area (Å²) in [5.74, 6) is -2.02. The standard InChI is InChI=1S/C10H13FN2O4S/c1-6-4-7(10(14)15)9(5-8(6)11)12-18(16,17)13(2)3/h4-5,12H,1-3H3,(H,14,15). The van der Waals surface area contributed by atoms with Crippen molar-refractivity contribution in [1.29, 1.82) is 0 Å². The first-order chi connectivity index (χ1) is 8.15. The molecule has 0 fully saturated rings. The Labute approximate surface area is 104 Å². The van der Waals surface area contributed by atoms with E-state index in [9.17, 15) is 17.6 Å². The highest BCUT2D eigenvalue weighted by atomic mass is 32.2. The van der Waals surface area contributed by atoms with Gasteiger partial charge in [0.15, 0.2) is 0 Å². The van der Waals surface area contributed by atoms with E-state index < -0.39 is 22.0 Å². The van der Waals surface area contributed by atoms with Crippen LogP contribution in [0.25, 0.3) is 0 Å². The lowest BCUT2D eigenvalue weighted by Crippen LogP contribution is -2.29. The fourth-order valence-electron chi connectivity index (χ4n) is 1.17. The van der Waals surface area contributed by atoms with Crippen molar-refractivity contribution in [2.45, 2.75) is 6.92 Å². The van der Waals surface area contributed by atoms with Crippen molar-refractivity contribution >= 4 is 21.9 Å². The summed E-state index contributed by atoms with van der Waals surface area (Å²) in [6.45, 7) is 1.39. The first-order valence-electron chi connectivity index (χ1n) is 4.89. The van der Waals surface area contributed by atoms with E-state index in [0.29, 0.717) is 0 Å². The number of aromatic carboxylic acids is 1. The van der Waals surface area contributed by atoms with Crippen molar-refractivity contribution in [3.63, 3.8) is 0 Å². The minimum absolute atomic E-state index is 0.125. The van der Waals surface area contributed by atoms with Crippen LogP contribution in [-0.2, 0) is 10.2 Å². The molecular weight excluding hydrogens is 263 g/mol. The zero-order chi connectivity index (χ0) is 14.1. The van der Waals surface area contributed by atoms with Gasteiger partial charge in [-0.1, -0.05) is 0 Å². The van der Waals surface area contributed by atoms with E-state index >= 15 is 0 Å². The van der Waals surface area contributed by atoms with Crippen LogP contribution in [0.2, 0.25) is 0 Å². The van der Waals surface area contributed by atoms with Crippen molar-refractivity contribution in [2.75, 3.05) is 18.8 Å². The monoisotopic (exact) mass is 276 g/mol. The molecule has 1 rings (SSSR count). The van der Waals surface area contributed by atoms with Gasteiger partial charge >= 0.3 is 16.2 Å². The third-order valence-corrected chi connectivity index (χ3v) is 3.69. The number of nitrogens with zero attached hydrogens (tertiary/aromatic N) is 1. The molecule has 0 aliphatic carbocycles. The van der Waals surface area contributed by atoms with E-state index in [1.807, 2.05) is 4.72 Å². The second-order valence-electron chi connectivity index (χ2n) is 3.84. The molecule has 0 aromatic heterocycles. The van der Waals surface area contributed by atoms with Crippen LogP contribution in [0.4, 0.5) is 10.1 Å². The molecule has 6 nitrogen and oxygen atoms in total. The number of carbonyl (C=O) groups is 1. The van der Waals surface area contributed by atoms with Crippen LogP contribution in [0, 0.1) is 12.7 Å². The molecule has 0 saturated carbocycles. The van der Waals surface area contributed by atoms with E-state index in [1.54, 1.807) is 0 Å². The third kappa shape index (κ3) is 2.96. The number of nitrogens with one attached hydrogen (secondary N) is 1. The van der Waals surface area contributed by atoms with Crippen LogP contribution in [0.3, 0.4) is 0 Å². The maximum Gasteiger partial charge on any atom is 0.337 e. The minimum atomic E-state index is -3.88. The van der Waals surface area contributed by atoms with E-state index in [1.165, 1.54) is 21.0 Å². The van der Waals surface area contributed by atoms with Gasteiger partial charge in [0.05, 0.1) is 11.3 Å². The average Bonchev–Trinajstić information content (AvgIpc) is 2.22. The highest BCUT2D eigenvalue weighted by Crippen LogP contribution is 2.22. The van der Waals surface area contributed by atoms with Gasteiger partial charge in [0, 0.05) is 14.1 Å². The van der Waals surface area contributed by atoms with Gasteiger partial charge in [-0.05, 0) is 24.6 Å². The zero-order valence-corrected chi connectivity index (χ0v) is 10.9. The van der Waals surface area contributed by atoms with Crippen LogP contribution in [0.1, 0.15) is 15.9 Å². The highest BCUT2D eigenvalue weighted by molar-refractivity contribution is 7.90. The first-order valence-corrected chi connectivity index (χ1v) is 6.33. The number of hydrogen-bond acceptors (Lipinski definition) is 3. The van der Waals surface area contributed by atoms with Crippen molar-refractivity contribution in [2.24, 2.45) is 0 Å². The Morgan fingerprint density at radius 1 is 1.39 bits per heavy atom. The number of carboxylic acid groups (broad SMARTS) is 1. The number of carboxylic acids is 1. The Morgan fingerprint density at radius 3 is 2.39 bits per heavy atom. The van der Waals surface area contributed by atoms with Crippen molar-refractivity contribution < 1.29 is 22.7 Å². The molecule has 1 aromatic rings. The van der Waals surface area contributed by atoms with Gasteiger partial charge in [-0.2, -0.15) is 12.7 Å². The lowest BCUT2D eigenvalue weighted by Gasteiger charge is -2.15. The van der Waals surface area contributed by atoms with Gasteiger partial charge in [-0.15, -0.1) is 0 Å². The zero-order valence-electron chi connectivity index (χ0n) is 10.1. The van der Waals surface area contributed by atoms with Crippen molar-refractivity contribution in [3.05, 3.63) is 29.1 Å². The molecule has 100 valence electrons. The Balaban J connectivity index is 3.32. The average molecular weight is 276 g/mol. The lowest BCUT2D eigenvalue weighted by atomic mass is 10.1. The van der Waals surface area contributed by atoms with Gasteiger partial charge in [0.25, 0.3) is 0 Å². The highest BCUT2D eigenvalue weighted by Gasteiger charge is 2.19. The number of hydrogen-bond donors (Lipinski definition) is 2. The van der Waals surface area contributed by atoms with Crippen molar-refractivity contribution in [3.8, 4) is 0 Å². The molecule has 0 radical (unpaired) electrons. The molecule has 0 heterocycles. The van der Waals surface area contributed by atoms with Gasteiger partial charge in [-0.3, -0.25) is 4.72 Å². The summed E-state index contributed by atoms with van der Waals surface area (Å²) in [6, 6.07) is 1.92. The molecule has 0 unspecified atom stereocenters. The van der Waals surface area contributed by atoms with E-state index in [2.05, 4.69) is 0 Å². The summed E-state index contributed by atoms with van der Waals surface area (Å²) < 4.78 is 39.4. The molecule has 0 aliphatic rings. The van der Waals surface area contributed by atoms with Crippen molar-refractivity contribution in [1.82, 2.24) is 4.31 Å². The second kappa shape index (κ2) is 4.91. The number of aryl methyl sites for hydroxylation is 1. The van der Waals surface area contributed by atoms with Crippen LogP contribution < -0.4 is 4.72 Å². The predicted octanol–water partition coefficient (Wildman–Crippen LogP) is 1.05. The maximum atomic E-state index is 13.4. The Bertz CT molecular complexity index is 584. The molecule has 2 N–H and O–H groups in total. The third-order valence-electron chi connectivity index (χ3n) is 2.25. The maximum absolute atomic E-state index is 13.4. The Kier molecular flexibility index (Phi) is 3.92. The van der Waals surface area contributed by atoms with Gasteiger partial charge in [0.2, 0.25) is 0 Å². The van der Waals surface area contributed by atoms with E-state index in [4.69, 9.17) is 5.11 Å². The summed E-state index contributed by atoms with van der Waals surface area (Å²) >= 11 is 0. The summed E-state index contributed by atoms with van der Waals surface area (Å²) in [5.41, 5.74) is -0.487. The summed E-state index contributed by atoms with van der Waals surface area (Å²) in [5, 5.41) is 8.95. The molecule has 0 saturated heterocycles. The molecule has 0 aliphatic heterocycles. The minimum Gasteiger partial charge on any atom is -0.478 e. The Hall–Kier alpha value is -1.67. The quantitative estimate of drug-likeness (QED) is 0.860. The molecular formula is C10H13FN2O4S. The van der Waals surface area contributed by atoms with E-state index in [0.717, 1.165) is 16.4 Å². The van der Waals surface area contributed by atoms with Crippen LogP contribution in [-0.4, -0.2) is 37.9 Å². The number of halogens is 1. The smallest absolute Gasteiger partial charge is 0.337 e. The van der Waals surface area contributed by atoms with Gasteiger partial charge in [-0.25, -0.2) is 9.18 Å². The number of rotatable bonds is 4.